The molecule has 1 aromatic rings. The lowest BCUT2D eigenvalue weighted by Gasteiger charge is -2.29. The molecule has 134 valence electrons. The Morgan fingerprint density at radius 1 is 1.25 bits per heavy atom. The van der Waals surface area contributed by atoms with E-state index in [0.717, 1.165) is 25.7 Å². The van der Waals surface area contributed by atoms with Crippen molar-refractivity contribution in [3.63, 3.8) is 0 Å². The summed E-state index contributed by atoms with van der Waals surface area (Å²) in [6.45, 7) is 7.26. The van der Waals surface area contributed by atoms with Gasteiger partial charge in [0.05, 0.1) is 4.90 Å². The normalized spacial score (nSPS) is 18.3. The summed E-state index contributed by atoms with van der Waals surface area (Å²) in [4.78, 5) is 12.3. The van der Waals surface area contributed by atoms with Crippen LogP contribution in [-0.4, -0.2) is 31.7 Å². The molecule has 2 rings (SSSR count). The zero-order valence-electron chi connectivity index (χ0n) is 14.8. The number of hydrogen-bond acceptors (Lipinski definition) is 3. The number of nitrogens with zero attached hydrogens (tertiary/aromatic N) is 1. The molecule has 1 N–H and O–H groups in total. The highest BCUT2D eigenvalue weighted by Gasteiger charge is 2.27. The molecule has 6 heteroatoms. The predicted molar refractivity (Wildman–Crippen MR) is 96.3 cm³/mol. The van der Waals surface area contributed by atoms with Crippen molar-refractivity contribution in [3.05, 3.63) is 24.3 Å². The quantitative estimate of drug-likeness (QED) is 0.852. The summed E-state index contributed by atoms with van der Waals surface area (Å²) in [7, 11) is -3.44. The minimum atomic E-state index is -3.44. The molecule has 1 aliphatic heterocycles. The first-order valence-electron chi connectivity index (χ1n) is 8.75. The van der Waals surface area contributed by atoms with E-state index in [0.29, 0.717) is 24.7 Å². The van der Waals surface area contributed by atoms with Crippen LogP contribution in [0.5, 0.6) is 0 Å². The number of piperidine rings is 1. The van der Waals surface area contributed by atoms with Gasteiger partial charge in [-0.2, -0.15) is 4.31 Å². The van der Waals surface area contributed by atoms with Gasteiger partial charge < -0.3 is 5.32 Å². The molecule has 0 aromatic heterocycles. The summed E-state index contributed by atoms with van der Waals surface area (Å²) in [6, 6.07) is 6.48. The minimum Gasteiger partial charge on any atom is -0.326 e. The number of anilines is 1. The minimum absolute atomic E-state index is 0.0301. The van der Waals surface area contributed by atoms with Crippen molar-refractivity contribution in [2.24, 2.45) is 11.8 Å². The number of benzene rings is 1. The molecule has 1 heterocycles. The number of hydrogen-bond donors (Lipinski definition) is 1. The van der Waals surface area contributed by atoms with Gasteiger partial charge in [0.15, 0.2) is 0 Å². The van der Waals surface area contributed by atoms with E-state index < -0.39 is 10.0 Å². The second-order valence-corrected chi connectivity index (χ2v) is 8.73. The van der Waals surface area contributed by atoms with Crippen LogP contribution in [0.15, 0.2) is 29.2 Å². The standard InChI is InChI=1S/C18H28N2O3S/c1-4-5-15(3)18(21)19-16-6-8-17(9-7-16)24(22,23)20-12-10-14(2)11-13-20/h6-9,14-15H,4-5,10-13H2,1-3H3,(H,19,21)/t15-/m1/s1. The summed E-state index contributed by atoms with van der Waals surface area (Å²) in [5.74, 6) is 0.505. The Morgan fingerprint density at radius 2 is 1.83 bits per heavy atom. The first-order chi connectivity index (χ1) is 11.3. The second-order valence-electron chi connectivity index (χ2n) is 6.79. The van der Waals surface area contributed by atoms with Gasteiger partial charge in [-0.25, -0.2) is 8.42 Å². The Bertz CT molecular complexity index is 647. The number of carbonyl (C=O) groups excluding carboxylic acids is 1. The Kier molecular flexibility index (Phi) is 6.40. The summed E-state index contributed by atoms with van der Waals surface area (Å²) in [5, 5.41) is 2.84. The van der Waals surface area contributed by atoms with Gasteiger partial charge in [0.1, 0.15) is 0 Å². The Balaban J connectivity index is 2.04. The van der Waals surface area contributed by atoms with Gasteiger partial charge in [-0.3, -0.25) is 4.79 Å². The van der Waals surface area contributed by atoms with Crippen LogP contribution in [0.25, 0.3) is 0 Å². The molecule has 0 aliphatic carbocycles. The van der Waals surface area contributed by atoms with E-state index >= 15 is 0 Å². The van der Waals surface area contributed by atoms with Crippen LogP contribution >= 0.6 is 0 Å². The van der Waals surface area contributed by atoms with E-state index in [4.69, 9.17) is 0 Å². The highest BCUT2D eigenvalue weighted by Crippen LogP contribution is 2.24. The van der Waals surface area contributed by atoms with Crippen molar-refractivity contribution >= 4 is 21.6 Å². The molecule has 0 saturated carbocycles. The fourth-order valence-corrected chi connectivity index (χ4v) is 4.38. The van der Waals surface area contributed by atoms with Crippen molar-refractivity contribution in [1.29, 1.82) is 0 Å². The van der Waals surface area contributed by atoms with E-state index in [2.05, 4.69) is 12.2 Å². The van der Waals surface area contributed by atoms with E-state index in [1.165, 1.54) is 0 Å². The monoisotopic (exact) mass is 352 g/mol. The summed E-state index contributed by atoms with van der Waals surface area (Å²) >= 11 is 0. The average Bonchev–Trinajstić information content (AvgIpc) is 2.56. The van der Waals surface area contributed by atoms with Crippen molar-refractivity contribution in [2.45, 2.75) is 51.3 Å². The van der Waals surface area contributed by atoms with Crippen LogP contribution in [-0.2, 0) is 14.8 Å². The van der Waals surface area contributed by atoms with Gasteiger partial charge in [0.2, 0.25) is 15.9 Å². The third-order valence-corrected chi connectivity index (χ3v) is 6.58. The highest BCUT2D eigenvalue weighted by atomic mass is 32.2. The van der Waals surface area contributed by atoms with Gasteiger partial charge in [-0.1, -0.05) is 27.2 Å². The number of rotatable bonds is 6. The van der Waals surface area contributed by atoms with Crippen LogP contribution < -0.4 is 5.32 Å². The lowest BCUT2D eigenvalue weighted by atomic mass is 10.0. The molecule has 0 bridgehead atoms. The van der Waals surface area contributed by atoms with Gasteiger partial charge in [-0.05, 0) is 49.4 Å². The zero-order valence-corrected chi connectivity index (χ0v) is 15.6. The van der Waals surface area contributed by atoms with Crippen LogP contribution in [0, 0.1) is 11.8 Å². The molecule has 24 heavy (non-hydrogen) atoms. The molecule has 1 aliphatic rings. The molecule has 1 amide bonds. The fourth-order valence-electron chi connectivity index (χ4n) is 2.91. The Labute approximate surface area is 145 Å². The van der Waals surface area contributed by atoms with Crippen LogP contribution in [0.3, 0.4) is 0 Å². The van der Waals surface area contributed by atoms with E-state index in [9.17, 15) is 13.2 Å². The van der Waals surface area contributed by atoms with Crippen molar-refractivity contribution in [1.82, 2.24) is 4.31 Å². The first-order valence-corrected chi connectivity index (χ1v) is 10.2. The second kappa shape index (κ2) is 8.12. The van der Waals surface area contributed by atoms with Crippen molar-refractivity contribution in [2.75, 3.05) is 18.4 Å². The molecule has 0 spiro atoms. The summed E-state index contributed by atoms with van der Waals surface area (Å²) < 4.78 is 26.9. The number of sulfonamides is 1. The molecule has 5 nitrogen and oxygen atoms in total. The first kappa shape index (κ1) is 18.9. The van der Waals surface area contributed by atoms with Gasteiger partial charge in [-0.15, -0.1) is 0 Å². The van der Waals surface area contributed by atoms with Crippen molar-refractivity contribution < 1.29 is 13.2 Å². The van der Waals surface area contributed by atoms with Gasteiger partial charge in [0, 0.05) is 24.7 Å². The maximum atomic E-state index is 12.7. The Morgan fingerprint density at radius 3 is 2.38 bits per heavy atom. The van der Waals surface area contributed by atoms with Crippen LogP contribution in [0.4, 0.5) is 5.69 Å². The summed E-state index contributed by atoms with van der Waals surface area (Å²) in [5.41, 5.74) is 0.633. The smallest absolute Gasteiger partial charge is 0.243 e. The fraction of sp³-hybridized carbons (Fsp3) is 0.611. The molecule has 1 atom stereocenters. The van der Waals surface area contributed by atoms with E-state index in [1.807, 2.05) is 13.8 Å². The van der Waals surface area contributed by atoms with Crippen LogP contribution in [0.1, 0.15) is 46.5 Å². The number of nitrogens with one attached hydrogen (secondary N) is 1. The molecular weight excluding hydrogens is 324 g/mol. The molecule has 0 radical (unpaired) electrons. The van der Waals surface area contributed by atoms with E-state index in [-0.39, 0.29) is 16.7 Å². The maximum absolute atomic E-state index is 12.7. The molecule has 1 saturated heterocycles. The Hall–Kier alpha value is -1.40. The lowest BCUT2D eigenvalue weighted by molar-refractivity contribution is -0.119. The SMILES string of the molecule is CCC[C@@H](C)C(=O)Nc1ccc(S(=O)(=O)N2CCC(C)CC2)cc1. The highest BCUT2D eigenvalue weighted by molar-refractivity contribution is 7.89. The maximum Gasteiger partial charge on any atom is 0.243 e. The largest absolute Gasteiger partial charge is 0.326 e. The molecule has 1 fully saturated rings. The molecular formula is C18H28N2O3S. The van der Waals surface area contributed by atoms with Crippen molar-refractivity contribution in [3.8, 4) is 0 Å². The van der Waals surface area contributed by atoms with Gasteiger partial charge >= 0.3 is 0 Å². The summed E-state index contributed by atoms with van der Waals surface area (Å²) in [6.07, 6.45) is 3.61. The van der Waals surface area contributed by atoms with E-state index in [1.54, 1.807) is 28.6 Å². The topological polar surface area (TPSA) is 66.5 Å². The third-order valence-electron chi connectivity index (χ3n) is 4.67. The molecule has 0 unspecified atom stereocenters. The van der Waals surface area contributed by atoms with Gasteiger partial charge in [0.25, 0.3) is 0 Å². The molecule has 1 aromatic carbocycles. The average molecular weight is 353 g/mol. The third kappa shape index (κ3) is 4.57. The van der Waals surface area contributed by atoms with Crippen LogP contribution in [0.2, 0.25) is 0 Å². The number of carbonyl (C=O) groups is 1. The number of amides is 1. The zero-order chi connectivity index (χ0) is 17.7. The predicted octanol–water partition coefficient (Wildman–Crippen LogP) is 3.48. The lowest BCUT2D eigenvalue weighted by Crippen LogP contribution is -2.37.